The van der Waals surface area contributed by atoms with Crippen LogP contribution in [0.15, 0.2) is 90.7 Å². The van der Waals surface area contributed by atoms with Gasteiger partial charge in [-0.1, -0.05) is 121 Å². The third-order valence-electron chi connectivity index (χ3n) is 6.21. The summed E-state index contributed by atoms with van der Waals surface area (Å²) in [6.07, 6.45) is -0.278. The summed E-state index contributed by atoms with van der Waals surface area (Å²) in [6.45, 7) is 13.4. The van der Waals surface area contributed by atoms with Crippen molar-refractivity contribution in [1.29, 1.82) is 0 Å². The molecule has 0 fully saturated rings. The summed E-state index contributed by atoms with van der Waals surface area (Å²) in [5.74, 6) is 0. The molecule has 0 aliphatic rings. The number of hydrogen-bond acceptors (Lipinski definition) is 1. The minimum absolute atomic E-state index is 0.00708. The van der Waals surface area contributed by atoms with E-state index in [0.717, 1.165) is 4.90 Å². The number of benzene rings is 4. The van der Waals surface area contributed by atoms with Crippen molar-refractivity contribution in [3.05, 3.63) is 119 Å². The van der Waals surface area contributed by atoms with Crippen molar-refractivity contribution in [3.8, 4) is 0 Å². The zero-order valence-corrected chi connectivity index (χ0v) is 25.4. The summed E-state index contributed by atoms with van der Waals surface area (Å²) in [6, 6.07) is -0.697. The van der Waals surface area contributed by atoms with Gasteiger partial charge in [0.15, 0.2) is 0 Å². The Morgan fingerprint density at radius 3 is 1.79 bits per heavy atom. The lowest BCUT2D eigenvalue weighted by atomic mass is 9.86. The highest BCUT2D eigenvalue weighted by molar-refractivity contribution is 6.88. The zero-order valence-electron chi connectivity index (χ0n) is 39.4. The van der Waals surface area contributed by atoms with Crippen LogP contribution in [0.5, 0.6) is 0 Å². The summed E-state index contributed by atoms with van der Waals surface area (Å²) in [7, 11) is -2.62. The quantitative estimate of drug-likeness (QED) is 0.217. The molecule has 0 saturated carbocycles. The van der Waals surface area contributed by atoms with Crippen LogP contribution in [-0.2, 0) is 17.3 Å². The van der Waals surface area contributed by atoms with E-state index in [9.17, 15) is 4.11 Å². The van der Waals surface area contributed by atoms with Crippen LogP contribution >= 0.6 is 0 Å². The van der Waals surface area contributed by atoms with Crippen molar-refractivity contribution in [1.82, 2.24) is 0 Å². The van der Waals surface area contributed by atoms with Gasteiger partial charge >= 0.3 is 0 Å². The number of aryl methyl sites for hydroxylation is 1. The molecule has 0 aromatic heterocycles. The molecule has 4 aromatic carbocycles. The maximum absolute atomic E-state index is 9.43. The molecule has 0 atom stereocenters. The van der Waals surface area contributed by atoms with Crippen molar-refractivity contribution in [2.24, 2.45) is 0 Å². The highest BCUT2D eigenvalue weighted by Crippen LogP contribution is 2.37. The minimum Gasteiger partial charge on any atom is -0.310 e. The highest BCUT2D eigenvalue weighted by Gasteiger charge is 2.21. The third kappa shape index (κ3) is 7.11. The van der Waals surface area contributed by atoms with E-state index in [1.165, 1.54) is 18.2 Å². The van der Waals surface area contributed by atoms with Crippen LogP contribution in [-0.4, -0.2) is 8.07 Å². The van der Waals surface area contributed by atoms with E-state index in [1.807, 2.05) is 19.6 Å². The van der Waals surface area contributed by atoms with Crippen molar-refractivity contribution < 1.29 is 20.6 Å². The van der Waals surface area contributed by atoms with E-state index in [2.05, 4.69) is 0 Å². The Bertz CT molecular complexity index is 2110. The van der Waals surface area contributed by atoms with Crippen molar-refractivity contribution >= 4 is 30.3 Å². The summed E-state index contributed by atoms with van der Waals surface area (Å²) >= 11 is 0. The molecule has 2 heteroatoms. The first-order valence-corrected chi connectivity index (χ1v) is 16.6. The van der Waals surface area contributed by atoms with E-state index in [1.54, 1.807) is 41.5 Å². The first kappa shape index (κ1) is 15.0. The van der Waals surface area contributed by atoms with Gasteiger partial charge in [-0.2, -0.15) is 0 Å². The van der Waals surface area contributed by atoms with E-state index in [0.29, 0.717) is 0 Å². The number of nitrogens with zero attached hydrogens (tertiary/aromatic N) is 1. The predicted molar refractivity (Wildman–Crippen MR) is 175 cm³/mol. The summed E-state index contributed by atoms with van der Waals surface area (Å²) in [4.78, 5) is 1.11. The first-order chi connectivity index (χ1) is 24.3. The van der Waals surface area contributed by atoms with Crippen LogP contribution in [0.2, 0.25) is 19.6 Å². The third-order valence-corrected chi connectivity index (χ3v) is 7.96. The molecule has 0 spiro atoms. The summed E-state index contributed by atoms with van der Waals surface area (Å²) in [5, 5.41) is 0.208. The molecule has 0 aliphatic carbocycles. The van der Waals surface area contributed by atoms with E-state index >= 15 is 0 Å². The number of anilines is 3. The monoisotopic (exact) mass is 548 g/mol. The number of rotatable bonds is 6. The van der Waals surface area contributed by atoms with Gasteiger partial charge in [-0.3, -0.25) is 0 Å². The highest BCUT2D eigenvalue weighted by atomic mass is 28.3. The van der Waals surface area contributed by atoms with Crippen molar-refractivity contribution in [2.75, 3.05) is 4.90 Å². The molecule has 0 amide bonds. The predicted octanol–water partition coefficient (Wildman–Crippen LogP) is 10.2. The molecule has 1 nitrogen and oxygen atoms in total. The molecule has 0 bridgehead atoms. The Balaban J connectivity index is 2.25. The van der Waals surface area contributed by atoms with Gasteiger partial charge in [0.05, 0.1) is 24.5 Å². The van der Waals surface area contributed by atoms with Crippen LogP contribution < -0.4 is 10.1 Å². The fourth-order valence-electron chi connectivity index (χ4n) is 3.89. The topological polar surface area (TPSA) is 3.24 Å². The van der Waals surface area contributed by atoms with Gasteiger partial charge in [-0.05, 0) is 88.2 Å². The lowest BCUT2D eigenvalue weighted by Crippen LogP contribution is -2.37. The average Bonchev–Trinajstić information content (AvgIpc) is 3.01. The molecular formula is C37H47NSi. The minimum atomic E-state index is -2.77. The van der Waals surface area contributed by atoms with Gasteiger partial charge < -0.3 is 4.90 Å². The molecular weight excluding hydrogens is 487 g/mol. The molecule has 204 valence electrons. The number of hydrogen-bond donors (Lipinski definition) is 0. The van der Waals surface area contributed by atoms with Crippen molar-refractivity contribution in [2.45, 2.75) is 85.3 Å². The van der Waals surface area contributed by atoms with Gasteiger partial charge in [0.1, 0.15) is 0 Å². The normalized spacial score (nSPS) is 18.2. The van der Waals surface area contributed by atoms with Crippen LogP contribution in [0.3, 0.4) is 0 Å². The molecule has 39 heavy (non-hydrogen) atoms. The molecule has 4 rings (SSSR count). The Morgan fingerprint density at radius 1 is 0.667 bits per heavy atom. The van der Waals surface area contributed by atoms with Crippen LogP contribution in [0, 0.1) is 6.85 Å². The van der Waals surface area contributed by atoms with Crippen LogP contribution in [0.25, 0.3) is 0 Å². The molecule has 0 radical (unpaired) electrons. The molecule has 0 unspecified atom stereocenters. The maximum Gasteiger partial charge on any atom is 0.0776 e. The van der Waals surface area contributed by atoms with Gasteiger partial charge in [-0.15, -0.1) is 0 Å². The zero-order chi connectivity index (χ0) is 41.5. The molecule has 4 aromatic rings. The second-order valence-corrected chi connectivity index (χ2v) is 18.0. The Labute approximate surface area is 260 Å². The molecule has 0 saturated heterocycles. The standard InChI is InChI=1S/C37H47NSi/c1-27-22-29(24-28-14-16-30(17-15-28)36(2,3)4)25-34(23-27)38(32-20-18-31(19-21-32)37(5,6)7)33-12-11-13-35(26-33)39(8,9)10/h11-23,25-26H,24H2,1-10H3/i1D3,11D,12D,13D,14D,15D,16D,17D,18D,19D,20D,21D,26D. The smallest absolute Gasteiger partial charge is 0.0776 e. The molecule has 0 aliphatic heterocycles. The second kappa shape index (κ2) is 10.8. The first-order valence-electron chi connectivity index (χ1n) is 20.6. The Morgan fingerprint density at radius 2 is 1.26 bits per heavy atom. The lowest BCUT2D eigenvalue weighted by molar-refractivity contribution is 0.590. The maximum atomic E-state index is 9.43. The molecule has 0 N–H and O–H groups in total. The lowest BCUT2D eigenvalue weighted by Gasteiger charge is -2.29. The van der Waals surface area contributed by atoms with Crippen LogP contribution in [0.1, 0.15) is 89.9 Å². The molecule has 0 heterocycles. The van der Waals surface area contributed by atoms with Gasteiger partial charge in [-0.25, -0.2) is 0 Å². The Kier molecular flexibility index (Phi) is 4.17. The van der Waals surface area contributed by atoms with E-state index in [-0.39, 0.29) is 99.1 Å². The van der Waals surface area contributed by atoms with Crippen molar-refractivity contribution in [3.63, 3.8) is 0 Å². The SMILES string of the molecule is [2H]c1c([2H])c(N(c2cc(Cc3c([2H])c([2H])c(C(C)(C)C)c([2H])c3[2H])cc(C([2H])([2H])[2H])c2)c2c([2H])c([2H])c(C(C)(C)C)c([2H])c2[2H])c([2H])c([Si](C)(C)C)c1[2H]. The fraction of sp³-hybridized carbons (Fsp3) is 0.351. The van der Waals surface area contributed by atoms with Gasteiger partial charge in [0, 0.05) is 21.2 Å². The second-order valence-electron chi connectivity index (χ2n) is 13.0. The van der Waals surface area contributed by atoms with Gasteiger partial charge in [0.2, 0.25) is 0 Å². The van der Waals surface area contributed by atoms with Crippen LogP contribution in [0.4, 0.5) is 17.1 Å². The fourth-order valence-corrected chi connectivity index (χ4v) is 4.83. The summed E-state index contributed by atoms with van der Waals surface area (Å²) in [5.41, 5.74) is -2.09. The van der Waals surface area contributed by atoms with Gasteiger partial charge in [0.25, 0.3) is 0 Å². The Hall–Kier alpha value is -3.10. The largest absolute Gasteiger partial charge is 0.310 e. The average molecular weight is 549 g/mol. The van der Waals surface area contributed by atoms with E-state index in [4.69, 9.17) is 16.4 Å². The summed E-state index contributed by atoms with van der Waals surface area (Å²) < 4.78 is 133. The van der Waals surface area contributed by atoms with E-state index < -0.39 is 55.6 Å².